The molecule has 3 heterocycles. The first-order valence-corrected chi connectivity index (χ1v) is 11.5. The number of hydrogen-bond donors (Lipinski definition) is 0. The molecule has 2 aromatic rings. The average molecular weight is 411 g/mol. The van der Waals surface area contributed by atoms with Gasteiger partial charge in [-0.3, -0.25) is 14.5 Å². The highest BCUT2D eigenvalue weighted by molar-refractivity contribution is 7.14. The predicted octanol–water partition coefficient (Wildman–Crippen LogP) is 4.05. The van der Waals surface area contributed by atoms with Gasteiger partial charge in [-0.25, -0.2) is 0 Å². The lowest BCUT2D eigenvalue weighted by molar-refractivity contribution is -0.139. The molecule has 1 aliphatic carbocycles. The maximum atomic E-state index is 13.5. The van der Waals surface area contributed by atoms with E-state index in [-0.39, 0.29) is 18.4 Å². The van der Waals surface area contributed by atoms with E-state index in [1.54, 1.807) is 16.2 Å². The molecule has 3 aliphatic rings. The smallest absolute Gasteiger partial charge is 0.268 e. The van der Waals surface area contributed by atoms with E-state index in [0.717, 1.165) is 49.3 Å². The van der Waals surface area contributed by atoms with E-state index in [0.29, 0.717) is 5.75 Å². The van der Waals surface area contributed by atoms with E-state index in [9.17, 15) is 9.59 Å². The van der Waals surface area contributed by atoms with Crippen LogP contribution in [-0.2, 0) is 17.6 Å². The number of anilines is 1. The van der Waals surface area contributed by atoms with Crippen molar-refractivity contribution >= 4 is 28.8 Å². The highest BCUT2D eigenvalue weighted by Gasteiger charge is 2.37. The van der Waals surface area contributed by atoms with Crippen LogP contribution in [0.4, 0.5) is 5.69 Å². The van der Waals surface area contributed by atoms with Gasteiger partial charge in [0.2, 0.25) is 0 Å². The summed E-state index contributed by atoms with van der Waals surface area (Å²) in [5.74, 6) is 0.600. The summed E-state index contributed by atoms with van der Waals surface area (Å²) >= 11 is 1.62. The molecule has 0 N–H and O–H groups in total. The Labute approximate surface area is 175 Å². The summed E-state index contributed by atoms with van der Waals surface area (Å²) in [6, 6.07) is 9.63. The lowest BCUT2D eigenvalue weighted by atomic mass is 9.99. The summed E-state index contributed by atoms with van der Waals surface area (Å²) in [5, 5.41) is 0. The largest absolute Gasteiger partial charge is 0.476 e. The van der Waals surface area contributed by atoms with E-state index in [1.807, 2.05) is 29.2 Å². The molecule has 2 aliphatic heterocycles. The van der Waals surface area contributed by atoms with E-state index in [1.165, 1.54) is 29.7 Å². The van der Waals surface area contributed by atoms with Gasteiger partial charge >= 0.3 is 0 Å². The number of benzene rings is 1. The third-order valence-corrected chi connectivity index (χ3v) is 7.39. The summed E-state index contributed by atoms with van der Waals surface area (Å²) in [6.07, 6.45) is 7.15. The summed E-state index contributed by atoms with van der Waals surface area (Å²) in [6.45, 7) is 1.84. The molecule has 0 bridgehead atoms. The van der Waals surface area contributed by atoms with Crippen molar-refractivity contribution in [2.75, 3.05) is 24.5 Å². The van der Waals surface area contributed by atoms with Crippen LogP contribution in [0.5, 0.6) is 5.75 Å². The maximum absolute atomic E-state index is 13.5. The Bertz CT molecular complexity index is 908. The Morgan fingerprint density at radius 1 is 1.00 bits per heavy atom. The molecule has 6 heteroatoms. The van der Waals surface area contributed by atoms with Crippen molar-refractivity contribution in [3.8, 4) is 5.75 Å². The Morgan fingerprint density at radius 3 is 2.62 bits per heavy atom. The highest BCUT2D eigenvalue weighted by atomic mass is 32.1. The quantitative estimate of drug-likeness (QED) is 0.751. The molecule has 0 saturated carbocycles. The lowest BCUT2D eigenvalue weighted by Gasteiger charge is -2.37. The van der Waals surface area contributed by atoms with Crippen LogP contribution < -0.4 is 9.64 Å². The molecule has 1 saturated heterocycles. The van der Waals surface area contributed by atoms with Crippen molar-refractivity contribution < 1.29 is 14.3 Å². The van der Waals surface area contributed by atoms with E-state index in [4.69, 9.17) is 4.74 Å². The zero-order chi connectivity index (χ0) is 19.8. The summed E-state index contributed by atoms with van der Waals surface area (Å²) in [4.78, 5) is 32.3. The van der Waals surface area contributed by atoms with Crippen LogP contribution in [0.15, 0.2) is 30.3 Å². The first-order chi connectivity index (χ1) is 14.2. The van der Waals surface area contributed by atoms with Gasteiger partial charge in [-0.2, -0.15) is 0 Å². The molecular formula is C23H26N2O3S. The van der Waals surface area contributed by atoms with E-state index in [2.05, 4.69) is 6.07 Å². The van der Waals surface area contributed by atoms with Gasteiger partial charge in [-0.1, -0.05) is 12.1 Å². The molecule has 5 nitrogen and oxygen atoms in total. The molecule has 152 valence electrons. The molecule has 2 amide bonds. The number of hydrogen-bond acceptors (Lipinski definition) is 4. The minimum Gasteiger partial charge on any atom is -0.476 e. The van der Waals surface area contributed by atoms with Gasteiger partial charge in [-0.15, -0.1) is 11.3 Å². The molecule has 0 radical (unpaired) electrons. The Balaban J connectivity index is 1.43. The van der Waals surface area contributed by atoms with Gasteiger partial charge in [0.1, 0.15) is 5.75 Å². The number of carbonyl (C=O) groups is 2. The topological polar surface area (TPSA) is 49.9 Å². The van der Waals surface area contributed by atoms with Crippen molar-refractivity contribution in [3.63, 3.8) is 0 Å². The number of thiophene rings is 1. The molecule has 1 atom stereocenters. The fourth-order valence-electron chi connectivity index (χ4n) is 4.60. The van der Waals surface area contributed by atoms with Crippen LogP contribution in [-0.4, -0.2) is 42.5 Å². The van der Waals surface area contributed by atoms with Crippen molar-refractivity contribution in [3.05, 3.63) is 45.6 Å². The number of carbonyl (C=O) groups excluding carboxylic acids is 2. The Kier molecular flexibility index (Phi) is 5.04. The van der Waals surface area contributed by atoms with E-state index < -0.39 is 6.10 Å². The molecule has 1 aromatic carbocycles. The molecule has 1 unspecified atom stereocenters. The molecular weight excluding hydrogens is 384 g/mol. The van der Waals surface area contributed by atoms with E-state index >= 15 is 0 Å². The fraction of sp³-hybridized carbons (Fsp3) is 0.478. The van der Waals surface area contributed by atoms with Crippen molar-refractivity contribution in [2.24, 2.45) is 0 Å². The number of fused-ring (bicyclic) bond motifs is 2. The number of piperidine rings is 1. The number of para-hydroxylation sites is 2. The number of nitrogens with zero attached hydrogens (tertiary/aromatic N) is 2. The van der Waals surface area contributed by atoms with Gasteiger partial charge in [-0.05, 0) is 68.7 Å². The van der Waals surface area contributed by atoms with Crippen molar-refractivity contribution in [2.45, 2.75) is 51.0 Å². The number of aryl methyl sites for hydroxylation is 2. The number of amides is 2. The third kappa shape index (κ3) is 3.54. The maximum Gasteiger partial charge on any atom is 0.268 e. The van der Waals surface area contributed by atoms with Crippen LogP contribution in [0.1, 0.15) is 52.2 Å². The summed E-state index contributed by atoms with van der Waals surface area (Å²) < 4.78 is 6.06. The van der Waals surface area contributed by atoms with Gasteiger partial charge in [0, 0.05) is 18.0 Å². The second-order valence-electron chi connectivity index (χ2n) is 8.14. The van der Waals surface area contributed by atoms with Gasteiger partial charge in [0.25, 0.3) is 11.8 Å². The first kappa shape index (κ1) is 18.7. The molecule has 1 fully saturated rings. The second-order valence-corrected chi connectivity index (χ2v) is 9.28. The SMILES string of the molecule is O=C(C1CN(C(=O)c2cc3c(s2)CCCC3)c2ccccc2O1)N1CCCCC1. The van der Waals surface area contributed by atoms with Crippen LogP contribution >= 0.6 is 11.3 Å². The fourth-order valence-corrected chi connectivity index (χ4v) is 5.80. The summed E-state index contributed by atoms with van der Waals surface area (Å²) in [7, 11) is 0. The molecule has 0 spiro atoms. The average Bonchev–Trinajstić information content (AvgIpc) is 3.22. The summed E-state index contributed by atoms with van der Waals surface area (Å²) in [5.41, 5.74) is 2.08. The van der Waals surface area contributed by atoms with Crippen LogP contribution in [0.3, 0.4) is 0 Å². The number of likely N-dealkylation sites (tertiary alicyclic amines) is 1. The number of ether oxygens (including phenoxy) is 1. The van der Waals surface area contributed by atoms with Crippen molar-refractivity contribution in [1.29, 1.82) is 0 Å². The lowest BCUT2D eigenvalue weighted by Crippen LogP contribution is -2.52. The zero-order valence-electron chi connectivity index (χ0n) is 16.6. The normalized spacial score (nSPS) is 21.2. The minimum atomic E-state index is -0.637. The zero-order valence-corrected chi connectivity index (χ0v) is 17.4. The number of rotatable bonds is 2. The Morgan fingerprint density at radius 2 is 1.79 bits per heavy atom. The molecule has 1 aromatic heterocycles. The monoisotopic (exact) mass is 410 g/mol. The minimum absolute atomic E-state index is 0.00229. The van der Waals surface area contributed by atoms with Crippen molar-refractivity contribution in [1.82, 2.24) is 4.90 Å². The predicted molar refractivity (Wildman–Crippen MR) is 114 cm³/mol. The Hall–Kier alpha value is -2.34. The first-order valence-electron chi connectivity index (χ1n) is 10.7. The molecule has 29 heavy (non-hydrogen) atoms. The molecule has 5 rings (SSSR count). The van der Waals surface area contributed by atoms with Gasteiger partial charge in [0.15, 0.2) is 6.10 Å². The second kappa shape index (κ2) is 7.82. The van der Waals surface area contributed by atoms with Crippen LogP contribution in [0, 0.1) is 0 Å². The van der Waals surface area contributed by atoms with Crippen LogP contribution in [0.2, 0.25) is 0 Å². The van der Waals surface area contributed by atoms with Crippen LogP contribution in [0.25, 0.3) is 0 Å². The van der Waals surface area contributed by atoms with Gasteiger partial charge in [0.05, 0.1) is 17.1 Å². The third-order valence-electron chi connectivity index (χ3n) is 6.17. The highest BCUT2D eigenvalue weighted by Crippen LogP contribution is 2.37. The standard InChI is InChI=1S/C23H26N2O3S/c26-22(24-12-6-1-7-13-24)19-15-25(17-9-3-4-10-18(17)28-19)23(27)21-14-16-8-2-5-11-20(16)29-21/h3-4,9-10,14,19H,1-2,5-8,11-13,15H2. The van der Waals surface area contributed by atoms with Gasteiger partial charge < -0.3 is 9.64 Å².